The molecule has 0 radical (unpaired) electrons. The molecule has 0 spiro atoms. The summed E-state index contributed by atoms with van der Waals surface area (Å²) in [5.41, 5.74) is 0. The Kier molecular flexibility index (Phi) is 5.08. The monoisotopic (exact) mass is 393 g/mol. The first-order valence-electron chi connectivity index (χ1n) is 8.87. The molecule has 0 aliphatic heterocycles. The van der Waals surface area contributed by atoms with Crippen LogP contribution in [0.5, 0.6) is 5.75 Å². The molecule has 0 aliphatic rings. The number of amides is 1. The van der Waals surface area contributed by atoms with Crippen molar-refractivity contribution in [2.75, 3.05) is 7.05 Å². The molecule has 1 unspecified atom stereocenters. The van der Waals surface area contributed by atoms with Gasteiger partial charge in [0.15, 0.2) is 6.10 Å². The van der Waals surface area contributed by atoms with E-state index in [0.717, 1.165) is 15.6 Å². The topological polar surface area (TPSA) is 68.5 Å². The highest BCUT2D eigenvalue weighted by atomic mass is 32.1. The summed E-state index contributed by atoms with van der Waals surface area (Å²) in [4.78, 5) is 19.5. The number of rotatable bonds is 6. The number of hydrogen-bond donors (Lipinski definition) is 0. The van der Waals surface area contributed by atoms with Gasteiger partial charge in [-0.3, -0.25) is 4.79 Å². The number of likely N-dealkylation sites (N-methyl/N-ethyl adjacent to an activating group) is 1. The van der Waals surface area contributed by atoms with Gasteiger partial charge in [0.2, 0.25) is 11.7 Å². The first kappa shape index (κ1) is 18.2. The van der Waals surface area contributed by atoms with Gasteiger partial charge in [0, 0.05) is 7.05 Å². The molecular formula is C21H19N3O3S. The van der Waals surface area contributed by atoms with Crippen molar-refractivity contribution < 1.29 is 14.1 Å². The van der Waals surface area contributed by atoms with Crippen LogP contribution in [-0.4, -0.2) is 34.1 Å². The molecule has 0 saturated heterocycles. The van der Waals surface area contributed by atoms with E-state index < -0.39 is 6.10 Å². The maximum absolute atomic E-state index is 12.7. The second-order valence-corrected chi connectivity index (χ2v) is 7.40. The van der Waals surface area contributed by atoms with E-state index in [1.165, 1.54) is 16.2 Å². The highest BCUT2D eigenvalue weighted by Crippen LogP contribution is 2.23. The third-order valence-electron chi connectivity index (χ3n) is 4.34. The Hall–Kier alpha value is -3.19. The predicted molar refractivity (Wildman–Crippen MR) is 108 cm³/mol. The summed E-state index contributed by atoms with van der Waals surface area (Å²) in [6.45, 7) is 1.96. The Morgan fingerprint density at radius 3 is 2.79 bits per heavy atom. The summed E-state index contributed by atoms with van der Waals surface area (Å²) < 4.78 is 11.1. The van der Waals surface area contributed by atoms with Gasteiger partial charge in [-0.2, -0.15) is 4.98 Å². The van der Waals surface area contributed by atoms with Gasteiger partial charge in [-0.05, 0) is 41.3 Å². The second-order valence-electron chi connectivity index (χ2n) is 6.45. The lowest BCUT2D eigenvalue weighted by Crippen LogP contribution is -2.37. The predicted octanol–water partition coefficient (Wildman–Crippen LogP) is 4.38. The van der Waals surface area contributed by atoms with Crippen LogP contribution in [0.25, 0.3) is 21.5 Å². The van der Waals surface area contributed by atoms with E-state index in [0.29, 0.717) is 17.5 Å². The van der Waals surface area contributed by atoms with E-state index in [1.807, 2.05) is 60.0 Å². The fourth-order valence-electron chi connectivity index (χ4n) is 2.91. The van der Waals surface area contributed by atoms with Crippen molar-refractivity contribution in [1.82, 2.24) is 15.0 Å². The van der Waals surface area contributed by atoms with E-state index in [9.17, 15) is 4.79 Å². The maximum atomic E-state index is 12.7. The first-order chi connectivity index (χ1) is 13.6. The van der Waals surface area contributed by atoms with Gasteiger partial charge in [0.1, 0.15) is 5.75 Å². The number of ether oxygens (including phenoxy) is 1. The quantitative estimate of drug-likeness (QED) is 0.486. The molecule has 0 saturated carbocycles. The fourth-order valence-corrected chi connectivity index (χ4v) is 3.56. The highest BCUT2D eigenvalue weighted by molar-refractivity contribution is 7.13. The molecule has 2 heterocycles. The minimum Gasteiger partial charge on any atom is -0.481 e. The number of thiophene rings is 1. The van der Waals surface area contributed by atoms with Crippen LogP contribution in [0, 0.1) is 0 Å². The lowest BCUT2D eigenvalue weighted by Gasteiger charge is -2.21. The summed E-state index contributed by atoms with van der Waals surface area (Å²) in [6.07, 6.45) is -0.633. The second kappa shape index (κ2) is 7.82. The molecule has 0 aliphatic carbocycles. The van der Waals surface area contributed by atoms with Crippen LogP contribution in [0.4, 0.5) is 0 Å². The van der Waals surface area contributed by atoms with Gasteiger partial charge in [-0.1, -0.05) is 41.6 Å². The normalized spacial score (nSPS) is 12.1. The molecule has 1 atom stereocenters. The van der Waals surface area contributed by atoms with Gasteiger partial charge in [-0.25, -0.2) is 0 Å². The van der Waals surface area contributed by atoms with E-state index >= 15 is 0 Å². The number of carbonyl (C=O) groups excluding carboxylic acids is 1. The van der Waals surface area contributed by atoms with Crippen LogP contribution in [0.2, 0.25) is 0 Å². The smallest absolute Gasteiger partial charge is 0.263 e. The van der Waals surface area contributed by atoms with Crippen molar-refractivity contribution in [1.29, 1.82) is 0 Å². The van der Waals surface area contributed by atoms with Crippen LogP contribution in [-0.2, 0) is 11.3 Å². The Morgan fingerprint density at radius 1 is 1.18 bits per heavy atom. The summed E-state index contributed by atoms with van der Waals surface area (Å²) in [5.74, 6) is 1.42. The minimum atomic E-state index is -0.633. The van der Waals surface area contributed by atoms with Crippen molar-refractivity contribution in [3.05, 3.63) is 65.9 Å². The van der Waals surface area contributed by atoms with E-state index in [1.54, 1.807) is 14.0 Å². The van der Waals surface area contributed by atoms with Gasteiger partial charge in [0.05, 0.1) is 11.4 Å². The number of carbonyl (C=O) groups is 1. The van der Waals surface area contributed by atoms with E-state index in [2.05, 4.69) is 10.1 Å². The number of fused-ring (bicyclic) bond motifs is 1. The Balaban J connectivity index is 1.40. The molecule has 2 aromatic carbocycles. The number of hydrogen-bond acceptors (Lipinski definition) is 6. The Morgan fingerprint density at radius 2 is 2.00 bits per heavy atom. The maximum Gasteiger partial charge on any atom is 0.263 e. The number of nitrogens with zero attached hydrogens (tertiary/aromatic N) is 3. The standard InChI is InChI=1S/C21H19N3O3S/c1-14(26-17-10-9-15-6-3-4-7-16(15)12-17)21(25)24(2)13-19-22-20(23-27-19)18-8-5-11-28-18/h3-12,14H,13H2,1-2H3. The zero-order valence-corrected chi connectivity index (χ0v) is 16.3. The van der Waals surface area contributed by atoms with Crippen molar-refractivity contribution in [2.45, 2.75) is 19.6 Å². The third-order valence-corrected chi connectivity index (χ3v) is 5.21. The lowest BCUT2D eigenvalue weighted by atomic mass is 10.1. The zero-order valence-electron chi connectivity index (χ0n) is 15.5. The molecule has 1 amide bonds. The van der Waals surface area contributed by atoms with E-state index in [-0.39, 0.29) is 12.5 Å². The molecule has 0 N–H and O–H groups in total. The zero-order chi connectivity index (χ0) is 19.5. The van der Waals surface area contributed by atoms with Gasteiger partial charge < -0.3 is 14.2 Å². The molecule has 142 valence electrons. The molecule has 0 bridgehead atoms. The highest BCUT2D eigenvalue weighted by Gasteiger charge is 2.21. The average Bonchev–Trinajstić information content (AvgIpc) is 3.39. The van der Waals surface area contributed by atoms with Crippen LogP contribution in [0.3, 0.4) is 0 Å². The molecule has 4 aromatic rings. The SMILES string of the molecule is CC(Oc1ccc2ccccc2c1)C(=O)N(C)Cc1nc(-c2cccs2)no1. The average molecular weight is 393 g/mol. The van der Waals surface area contributed by atoms with Gasteiger partial charge in [0.25, 0.3) is 5.91 Å². The van der Waals surface area contributed by atoms with Gasteiger partial charge >= 0.3 is 0 Å². The summed E-state index contributed by atoms with van der Waals surface area (Å²) >= 11 is 1.54. The fraction of sp³-hybridized carbons (Fsp3) is 0.190. The summed E-state index contributed by atoms with van der Waals surface area (Å²) in [7, 11) is 1.69. The molecule has 0 fully saturated rings. The first-order valence-corrected chi connectivity index (χ1v) is 9.75. The number of aromatic nitrogens is 2. The van der Waals surface area contributed by atoms with Crippen molar-refractivity contribution in [2.24, 2.45) is 0 Å². The van der Waals surface area contributed by atoms with Crippen molar-refractivity contribution >= 4 is 28.0 Å². The molecule has 4 rings (SSSR count). The molecule has 2 aromatic heterocycles. The third kappa shape index (κ3) is 3.89. The van der Waals surface area contributed by atoms with Crippen LogP contribution in [0.1, 0.15) is 12.8 Å². The molecule has 6 nitrogen and oxygen atoms in total. The largest absolute Gasteiger partial charge is 0.481 e. The minimum absolute atomic E-state index is 0.163. The van der Waals surface area contributed by atoms with Crippen LogP contribution < -0.4 is 4.74 Å². The van der Waals surface area contributed by atoms with Crippen LogP contribution in [0.15, 0.2) is 64.5 Å². The molecule has 28 heavy (non-hydrogen) atoms. The van der Waals surface area contributed by atoms with Crippen molar-refractivity contribution in [3.8, 4) is 16.5 Å². The Bertz CT molecular complexity index is 1090. The molecular weight excluding hydrogens is 374 g/mol. The summed E-state index contributed by atoms with van der Waals surface area (Å²) in [5, 5.41) is 8.12. The van der Waals surface area contributed by atoms with Crippen molar-refractivity contribution in [3.63, 3.8) is 0 Å². The van der Waals surface area contributed by atoms with Crippen LogP contribution >= 0.6 is 11.3 Å². The van der Waals surface area contributed by atoms with Gasteiger partial charge in [-0.15, -0.1) is 11.3 Å². The number of benzene rings is 2. The lowest BCUT2D eigenvalue weighted by molar-refractivity contribution is -0.137. The Labute approximate surface area is 166 Å². The van der Waals surface area contributed by atoms with E-state index in [4.69, 9.17) is 9.26 Å². The molecule has 7 heteroatoms. The summed E-state index contributed by atoms with van der Waals surface area (Å²) in [6, 6.07) is 17.7.